The van der Waals surface area contributed by atoms with Gasteiger partial charge in [-0.15, -0.1) is 0 Å². The summed E-state index contributed by atoms with van der Waals surface area (Å²) in [7, 11) is 0. The van der Waals surface area contributed by atoms with Gasteiger partial charge in [0.15, 0.2) is 0 Å². The predicted molar refractivity (Wildman–Crippen MR) is 59.9 cm³/mol. The van der Waals surface area contributed by atoms with Gasteiger partial charge in [-0.05, 0) is 6.92 Å². The van der Waals surface area contributed by atoms with Crippen molar-refractivity contribution in [3.05, 3.63) is 0 Å². The van der Waals surface area contributed by atoms with Gasteiger partial charge in [-0.1, -0.05) is 0 Å². The van der Waals surface area contributed by atoms with Crippen LogP contribution in [0.3, 0.4) is 0 Å². The molecule has 90 valence electrons. The van der Waals surface area contributed by atoms with Crippen LogP contribution >= 0.6 is 0 Å². The molecular formula is C11H19N3O2. The van der Waals surface area contributed by atoms with Gasteiger partial charge in [-0.2, -0.15) is 0 Å². The molecule has 1 atom stereocenters. The summed E-state index contributed by atoms with van der Waals surface area (Å²) in [6.45, 7) is 6.76. The van der Waals surface area contributed by atoms with Crippen molar-refractivity contribution in [3.63, 3.8) is 0 Å². The molecule has 1 unspecified atom stereocenters. The molecule has 2 saturated heterocycles. The molecule has 0 spiro atoms. The number of amides is 2. The minimum atomic E-state index is -0.00682. The second kappa shape index (κ2) is 4.93. The van der Waals surface area contributed by atoms with Gasteiger partial charge < -0.3 is 5.32 Å². The van der Waals surface area contributed by atoms with E-state index in [1.807, 2.05) is 6.92 Å². The molecule has 2 aliphatic heterocycles. The van der Waals surface area contributed by atoms with Crippen LogP contribution in [0.25, 0.3) is 0 Å². The van der Waals surface area contributed by atoms with Crippen LogP contribution in [0.2, 0.25) is 0 Å². The van der Waals surface area contributed by atoms with Crippen molar-refractivity contribution in [2.24, 2.45) is 0 Å². The van der Waals surface area contributed by atoms with Gasteiger partial charge >= 0.3 is 0 Å². The zero-order valence-corrected chi connectivity index (χ0v) is 9.74. The first-order chi connectivity index (χ1) is 7.68. The fourth-order valence-electron chi connectivity index (χ4n) is 2.43. The Morgan fingerprint density at radius 2 is 1.75 bits per heavy atom. The van der Waals surface area contributed by atoms with E-state index in [9.17, 15) is 9.59 Å². The SMILES string of the molecule is CC(CN1CCNCC1)N1C(=O)CCC1=O. The van der Waals surface area contributed by atoms with Gasteiger partial charge in [0.25, 0.3) is 0 Å². The maximum Gasteiger partial charge on any atom is 0.229 e. The number of piperazine rings is 1. The molecule has 0 bridgehead atoms. The highest BCUT2D eigenvalue weighted by atomic mass is 16.2. The van der Waals surface area contributed by atoms with Crippen molar-refractivity contribution in [2.45, 2.75) is 25.8 Å². The number of carbonyl (C=O) groups is 2. The molecule has 0 aromatic carbocycles. The Hall–Kier alpha value is -0.940. The Labute approximate surface area is 95.8 Å². The Morgan fingerprint density at radius 1 is 1.19 bits per heavy atom. The van der Waals surface area contributed by atoms with Crippen molar-refractivity contribution >= 4 is 11.8 Å². The molecule has 0 aliphatic carbocycles. The Balaban J connectivity index is 1.88. The molecule has 2 heterocycles. The quantitative estimate of drug-likeness (QED) is 0.654. The highest BCUT2D eigenvalue weighted by molar-refractivity contribution is 6.02. The normalized spacial score (nSPS) is 25.2. The highest BCUT2D eigenvalue weighted by Gasteiger charge is 2.33. The van der Waals surface area contributed by atoms with E-state index in [4.69, 9.17) is 0 Å². The number of hydrogen-bond acceptors (Lipinski definition) is 4. The van der Waals surface area contributed by atoms with E-state index in [-0.39, 0.29) is 17.9 Å². The van der Waals surface area contributed by atoms with E-state index in [2.05, 4.69) is 10.2 Å². The number of carbonyl (C=O) groups excluding carboxylic acids is 2. The lowest BCUT2D eigenvalue weighted by Crippen LogP contribution is -2.50. The van der Waals surface area contributed by atoms with Gasteiger partial charge in [0.05, 0.1) is 0 Å². The van der Waals surface area contributed by atoms with E-state index in [1.165, 1.54) is 4.90 Å². The fraction of sp³-hybridized carbons (Fsp3) is 0.818. The van der Waals surface area contributed by atoms with E-state index in [1.54, 1.807) is 0 Å². The van der Waals surface area contributed by atoms with Crippen molar-refractivity contribution in [1.29, 1.82) is 0 Å². The predicted octanol–water partition coefficient (Wildman–Crippen LogP) is -0.571. The second-order valence-corrected chi connectivity index (χ2v) is 4.56. The van der Waals surface area contributed by atoms with Crippen LogP contribution < -0.4 is 5.32 Å². The van der Waals surface area contributed by atoms with Crippen molar-refractivity contribution < 1.29 is 9.59 Å². The van der Waals surface area contributed by atoms with Crippen LogP contribution in [0.1, 0.15) is 19.8 Å². The first-order valence-corrected chi connectivity index (χ1v) is 5.96. The molecule has 0 aromatic heterocycles. The van der Waals surface area contributed by atoms with Gasteiger partial charge in [0, 0.05) is 51.6 Å². The van der Waals surface area contributed by atoms with Gasteiger partial charge in [-0.3, -0.25) is 19.4 Å². The van der Waals surface area contributed by atoms with E-state index in [0.29, 0.717) is 12.8 Å². The molecule has 5 heteroatoms. The Morgan fingerprint density at radius 3 is 2.31 bits per heavy atom. The summed E-state index contributed by atoms with van der Waals surface area (Å²) in [6.07, 6.45) is 0.787. The van der Waals surface area contributed by atoms with Gasteiger partial charge in [0.1, 0.15) is 0 Å². The fourth-order valence-corrected chi connectivity index (χ4v) is 2.43. The average molecular weight is 225 g/mol. The Bertz CT molecular complexity index is 271. The van der Waals surface area contributed by atoms with Crippen LogP contribution in [0.5, 0.6) is 0 Å². The monoisotopic (exact) mass is 225 g/mol. The summed E-state index contributed by atoms with van der Waals surface area (Å²) in [5.74, 6) is -0.0136. The van der Waals surface area contributed by atoms with Crippen molar-refractivity contribution in [3.8, 4) is 0 Å². The minimum Gasteiger partial charge on any atom is -0.314 e. The maximum atomic E-state index is 11.5. The van der Waals surface area contributed by atoms with Crippen LogP contribution in [0.4, 0.5) is 0 Å². The number of hydrogen-bond donors (Lipinski definition) is 1. The Kier molecular flexibility index (Phi) is 3.56. The largest absolute Gasteiger partial charge is 0.314 e. The summed E-state index contributed by atoms with van der Waals surface area (Å²) in [6, 6.07) is 0.0144. The number of nitrogens with one attached hydrogen (secondary N) is 1. The number of rotatable bonds is 3. The zero-order chi connectivity index (χ0) is 11.5. The minimum absolute atomic E-state index is 0.00682. The molecule has 0 aromatic rings. The van der Waals surface area contributed by atoms with E-state index >= 15 is 0 Å². The van der Waals surface area contributed by atoms with Gasteiger partial charge in [-0.25, -0.2) is 0 Å². The molecule has 5 nitrogen and oxygen atoms in total. The topological polar surface area (TPSA) is 52.6 Å². The molecule has 2 fully saturated rings. The van der Waals surface area contributed by atoms with E-state index in [0.717, 1.165) is 32.7 Å². The summed E-state index contributed by atoms with van der Waals surface area (Å²) in [5.41, 5.74) is 0. The number of nitrogens with zero attached hydrogens (tertiary/aromatic N) is 2. The summed E-state index contributed by atoms with van der Waals surface area (Å²) >= 11 is 0. The van der Waals surface area contributed by atoms with Crippen molar-refractivity contribution in [2.75, 3.05) is 32.7 Å². The smallest absolute Gasteiger partial charge is 0.229 e. The van der Waals surface area contributed by atoms with Crippen molar-refractivity contribution in [1.82, 2.24) is 15.1 Å². The molecular weight excluding hydrogens is 206 g/mol. The third-order valence-corrected chi connectivity index (χ3v) is 3.26. The summed E-state index contributed by atoms with van der Waals surface area (Å²) < 4.78 is 0. The van der Waals surface area contributed by atoms with Crippen LogP contribution in [0.15, 0.2) is 0 Å². The highest BCUT2D eigenvalue weighted by Crippen LogP contribution is 2.16. The van der Waals surface area contributed by atoms with E-state index < -0.39 is 0 Å². The lowest BCUT2D eigenvalue weighted by atomic mass is 10.2. The zero-order valence-electron chi connectivity index (χ0n) is 9.74. The molecule has 0 radical (unpaired) electrons. The number of imide groups is 1. The average Bonchev–Trinajstić information content (AvgIpc) is 2.60. The molecule has 0 saturated carbocycles. The van der Waals surface area contributed by atoms with Crippen LogP contribution in [0, 0.1) is 0 Å². The first kappa shape index (κ1) is 11.5. The molecule has 2 amide bonds. The standard InChI is InChI=1S/C11H19N3O2/c1-9(8-13-6-4-12-5-7-13)14-10(15)2-3-11(14)16/h9,12H,2-8H2,1H3. The number of likely N-dealkylation sites (tertiary alicyclic amines) is 1. The summed E-state index contributed by atoms with van der Waals surface area (Å²) in [4.78, 5) is 26.8. The third-order valence-electron chi connectivity index (χ3n) is 3.26. The van der Waals surface area contributed by atoms with Crippen LogP contribution in [-0.2, 0) is 9.59 Å². The first-order valence-electron chi connectivity index (χ1n) is 5.96. The van der Waals surface area contributed by atoms with Crippen LogP contribution in [-0.4, -0.2) is 60.4 Å². The van der Waals surface area contributed by atoms with Gasteiger partial charge in [0.2, 0.25) is 11.8 Å². The molecule has 16 heavy (non-hydrogen) atoms. The second-order valence-electron chi connectivity index (χ2n) is 4.56. The lowest BCUT2D eigenvalue weighted by Gasteiger charge is -2.32. The molecule has 2 aliphatic rings. The lowest BCUT2D eigenvalue weighted by molar-refractivity contribution is -0.141. The maximum absolute atomic E-state index is 11.5. The molecule has 2 rings (SSSR count). The molecule has 1 N–H and O–H groups in total. The summed E-state index contributed by atoms with van der Waals surface area (Å²) in [5, 5.41) is 3.29. The third kappa shape index (κ3) is 2.41.